The zero-order valence-corrected chi connectivity index (χ0v) is 32.3. The van der Waals surface area contributed by atoms with Crippen LogP contribution in [-0.4, -0.2) is 118 Å². The van der Waals surface area contributed by atoms with Gasteiger partial charge < -0.3 is 49.1 Å². The zero-order valence-electron chi connectivity index (χ0n) is 31.6. The summed E-state index contributed by atoms with van der Waals surface area (Å²) in [6.45, 7) is 13.9. The van der Waals surface area contributed by atoms with Crippen molar-refractivity contribution >= 4 is 23.3 Å². The van der Waals surface area contributed by atoms with Crippen LogP contribution in [0.1, 0.15) is 80.2 Å². The Kier molecular flexibility index (Phi) is 15.1. The molecule has 0 saturated carbocycles. The van der Waals surface area contributed by atoms with Gasteiger partial charge in [-0.3, -0.25) is 4.79 Å². The first-order valence-corrected chi connectivity index (χ1v) is 18.1. The van der Waals surface area contributed by atoms with E-state index in [1.807, 2.05) is 58.0 Å². The zero-order chi connectivity index (χ0) is 37.7. The van der Waals surface area contributed by atoms with Gasteiger partial charge >= 0.3 is 5.97 Å². The summed E-state index contributed by atoms with van der Waals surface area (Å²) < 4.78 is 24.9. The smallest absolute Gasteiger partial charge is 0.311 e. The van der Waals surface area contributed by atoms with E-state index in [0.29, 0.717) is 22.7 Å². The third-order valence-corrected chi connectivity index (χ3v) is 11.3. The summed E-state index contributed by atoms with van der Waals surface area (Å²) in [5.41, 5.74) is -1.93. The molecule has 3 rings (SSSR count). The quantitative estimate of drug-likeness (QED) is 0.225. The molecule has 13 heteroatoms. The maximum atomic E-state index is 13.6. The molecule has 2 fully saturated rings. The van der Waals surface area contributed by atoms with Crippen LogP contribution in [0.2, 0.25) is 5.02 Å². The van der Waals surface area contributed by atoms with Gasteiger partial charge in [-0.05, 0) is 67.1 Å². The van der Waals surface area contributed by atoms with Crippen LogP contribution in [0.25, 0.3) is 0 Å². The fraction of sp³-hybridized carbons (Fsp3) is 0.784. The fourth-order valence-electron chi connectivity index (χ4n) is 7.56. The number of likely N-dealkylation sites (N-methyl/N-ethyl adjacent to an activating group) is 1. The minimum absolute atomic E-state index is 0.0564. The molecule has 0 amide bonds. The monoisotopic (exact) mass is 728 g/mol. The summed E-state index contributed by atoms with van der Waals surface area (Å²) in [4.78, 5) is 21.4. The van der Waals surface area contributed by atoms with Gasteiger partial charge in [-0.1, -0.05) is 62.7 Å². The number of methoxy groups -OCH3 is 1. The van der Waals surface area contributed by atoms with Crippen molar-refractivity contribution in [3.05, 3.63) is 34.9 Å². The van der Waals surface area contributed by atoms with Gasteiger partial charge in [0, 0.05) is 41.5 Å². The first kappa shape index (κ1) is 42.5. The molecule has 1 aromatic carbocycles. The number of aliphatic hydroxyl groups excluding tert-OH is 3. The SMILES string of the molecule is CC[C@H]1OC(=O)[C@H](C)[C@@H](O)[C@H](C)[C@@H](O[C@@H]2O[C@H](C)C[C@H](N(C)C)[C@H]2O)[C@](C)(OC)C[C@@H](C)/C(=N/OCc2ccccc2Cl)[C@H](C)[C@@H](O)[C@]1(C)O. The Morgan fingerprint density at radius 2 is 1.68 bits per heavy atom. The van der Waals surface area contributed by atoms with E-state index in [1.54, 1.807) is 33.8 Å². The molecule has 2 aliphatic heterocycles. The van der Waals surface area contributed by atoms with Crippen molar-refractivity contribution in [1.82, 2.24) is 4.90 Å². The van der Waals surface area contributed by atoms with Crippen LogP contribution in [0.5, 0.6) is 0 Å². The van der Waals surface area contributed by atoms with E-state index < -0.39 is 77.7 Å². The number of cyclic esters (lactones) is 1. The summed E-state index contributed by atoms with van der Waals surface area (Å²) in [5.74, 6) is -3.77. The molecule has 1 aromatic rings. The highest BCUT2D eigenvalue weighted by atomic mass is 35.5. The summed E-state index contributed by atoms with van der Waals surface area (Å²) >= 11 is 6.37. The molecule has 0 spiro atoms. The van der Waals surface area contributed by atoms with Gasteiger partial charge in [-0.15, -0.1) is 0 Å². The predicted molar refractivity (Wildman–Crippen MR) is 190 cm³/mol. The molecule has 12 nitrogen and oxygen atoms in total. The summed E-state index contributed by atoms with van der Waals surface area (Å²) in [6, 6.07) is 6.98. The van der Waals surface area contributed by atoms with Crippen LogP contribution in [-0.2, 0) is 35.2 Å². The van der Waals surface area contributed by atoms with E-state index in [0.717, 1.165) is 0 Å². The van der Waals surface area contributed by atoms with Crippen molar-refractivity contribution in [2.45, 2.75) is 141 Å². The number of carbonyl (C=O) groups excluding carboxylic acids is 1. The molecule has 0 aromatic heterocycles. The normalized spacial score (nSPS) is 41.9. The van der Waals surface area contributed by atoms with E-state index in [4.69, 9.17) is 35.4 Å². The molecule has 0 unspecified atom stereocenters. The molecule has 2 saturated heterocycles. The lowest BCUT2D eigenvalue weighted by atomic mass is 9.73. The highest BCUT2D eigenvalue weighted by molar-refractivity contribution is 6.31. The number of halogens is 1. The topological polar surface area (TPSA) is 160 Å². The van der Waals surface area contributed by atoms with Crippen LogP contribution >= 0.6 is 11.6 Å². The number of oxime groups is 1. The second-order valence-electron chi connectivity index (χ2n) is 15.1. The molecule has 4 N–H and O–H groups in total. The second-order valence-corrected chi connectivity index (χ2v) is 15.5. The predicted octanol–water partition coefficient (Wildman–Crippen LogP) is 4.17. The third kappa shape index (κ3) is 9.56. The van der Waals surface area contributed by atoms with E-state index in [9.17, 15) is 25.2 Å². The molecule has 2 aliphatic rings. The van der Waals surface area contributed by atoms with Crippen LogP contribution in [0, 0.1) is 23.7 Å². The standard InChI is InChI=1S/C37H61ClN2O10/c1-12-28-37(8,45)32(43)22(4)29(39-47-19-25-15-13-14-16-26(25)38)20(2)18-36(7,46-11)33(23(5)30(41)24(6)34(44)49-28)50-35-31(42)27(40(9)10)17-21(3)48-35/h13-16,20-24,27-28,30-33,35,41-43,45H,12,17-19H2,1-11H3/b39-29-/t20-,21-,22+,23+,24-,27+,28-,30+,31-,32-,33-,35+,36-,37-/m1/s1. The van der Waals surface area contributed by atoms with Gasteiger partial charge in [0.2, 0.25) is 0 Å². The Morgan fingerprint density at radius 3 is 2.26 bits per heavy atom. The molecular weight excluding hydrogens is 668 g/mol. The number of esters is 1. The van der Waals surface area contributed by atoms with Crippen molar-refractivity contribution in [3.8, 4) is 0 Å². The van der Waals surface area contributed by atoms with Crippen LogP contribution in [0.3, 0.4) is 0 Å². The fourth-order valence-corrected chi connectivity index (χ4v) is 7.75. The number of rotatable bonds is 8. The van der Waals surface area contributed by atoms with E-state index in [-0.39, 0.29) is 31.6 Å². The molecule has 0 aliphatic carbocycles. The molecule has 0 bridgehead atoms. The summed E-state index contributed by atoms with van der Waals surface area (Å²) in [6.07, 6.45) is -6.04. The van der Waals surface area contributed by atoms with Gasteiger partial charge in [-0.2, -0.15) is 0 Å². The minimum Gasteiger partial charge on any atom is -0.459 e. The van der Waals surface area contributed by atoms with E-state index in [2.05, 4.69) is 5.16 Å². The van der Waals surface area contributed by atoms with Crippen molar-refractivity contribution in [2.75, 3.05) is 21.2 Å². The molecule has 286 valence electrons. The number of hydrogen-bond donors (Lipinski definition) is 4. The Bertz CT molecular complexity index is 1280. The van der Waals surface area contributed by atoms with Crippen LogP contribution < -0.4 is 0 Å². The lowest BCUT2D eigenvalue weighted by Crippen LogP contribution is -2.60. The Morgan fingerprint density at radius 1 is 1.04 bits per heavy atom. The molecule has 14 atom stereocenters. The number of hydrogen-bond acceptors (Lipinski definition) is 12. The van der Waals surface area contributed by atoms with Crippen molar-refractivity contribution in [3.63, 3.8) is 0 Å². The number of aliphatic hydroxyl groups is 4. The maximum absolute atomic E-state index is 13.6. The lowest BCUT2D eigenvalue weighted by Gasteiger charge is -2.48. The highest BCUT2D eigenvalue weighted by Crippen LogP contribution is 2.39. The number of nitrogens with zero attached hydrogens (tertiary/aromatic N) is 2. The lowest BCUT2D eigenvalue weighted by molar-refractivity contribution is -0.301. The largest absolute Gasteiger partial charge is 0.459 e. The number of ether oxygens (including phenoxy) is 4. The minimum atomic E-state index is -1.89. The van der Waals surface area contributed by atoms with Crippen LogP contribution in [0.15, 0.2) is 29.4 Å². The number of carbonyl (C=O) groups is 1. The van der Waals surface area contributed by atoms with E-state index >= 15 is 0 Å². The second kappa shape index (κ2) is 17.8. The van der Waals surface area contributed by atoms with Crippen LogP contribution in [0.4, 0.5) is 0 Å². The average Bonchev–Trinajstić information content (AvgIpc) is 3.07. The van der Waals surface area contributed by atoms with Gasteiger partial charge in [0.05, 0.1) is 41.6 Å². The van der Waals surface area contributed by atoms with Gasteiger partial charge in [0.1, 0.15) is 24.4 Å². The van der Waals surface area contributed by atoms with Gasteiger partial charge in [-0.25, -0.2) is 0 Å². The summed E-state index contributed by atoms with van der Waals surface area (Å²) in [5, 5.41) is 51.7. The van der Waals surface area contributed by atoms with Gasteiger partial charge in [0.25, 0.3) is 0 Å². The molecule has 2 heterocycles. The number of benzene rings is 1. The van der Waals surface area contributed by atoms with E-state index in [1.165, 1.54) is 14.0 Å². The highest BCUT2D eigenvalue weighted by Gasteiger charge is 2.51. The molecular formula is C37H61ClN2O10. The summed E-state index contributed by atoms with van der Waals surface area (Å²) in [7, 11) is 5.30. The average molecular weight is 729 g/mol. The van der Waals surface area contributed by atoms with Crippen molar-refractivity contribution in [2.24, 2.45) is 28.8 Å². The molecule has 50 heavy (non-hydrogen) atoms. The first-order chi connectivity index (χ1) is 23.3. The third-order valence-electron chi connectivity index (χ3n) is 10.9. The maximum Gasteiger partial charge on any atom is 0.311 e. The molecule has 0 radical (unpaired) electrons. The Hall–Kier alpha value is -1.87. The van der Waals surface area contributed by atoms with Crippen molar-refractivity contribution < 1.29 is 49.0 Å². The Labute approximate surface area is 303 Å². The van der Waals surface area contributed by atoms with Gasteiger partial charge in [0.15, 0.2) is 6.29 Å². The Balaban J connectivity index is 2.15. The van der Waals surface area contributed by atoms with Crippen molar-refractivity contribution in [1.29, 1.82) is 0 Å². The first-order valence-electron chi connectivity index (χ1n) is 17.7.